The smallest absolute Gasteiger partial charge is 0.0913 e. The van der Waals surface area contributed by atoms with Crippen molar-refractivity contribution in [1.29, 1.82) is 0 Å². The SMILES string of the molecule is Cc1cccc(-c2[nH]ncc2-c2ccnc3cc(Br)ccc23)n1. The van der Waals surface area contributed by atoms with Gasteiger partial charge in [-0.25, -0.2) is 0 Å². The fraction of sp³-hybridized carbons (Fsp3) is 0.0556. The number of H-pyrrole nitrogens is 1. The van der Waals surface area contributed by atoms with Crippen LogP contribution in [0.25, 0.3) is 33.4 Å². The van der Waals surface area contributed by atoms with Gasteiger partial charge in [0.25, 0.3) is 0 Å². The van der Waals surface area contributed by atoms with E-state index in [1.165, 1.54) is 0 Å². The molecule has 0 radical (unpaired) electrons. The van der Waals surface area contributed by atoms with E-state index in [1.54, 1.807) is 0 Å². The third-order valence-corrected chi connectivity index (χ3v) is 4.27. The second-order valence-electron chi connectivity index (χ2n) is 5.34. The summed E-state index contributed by atoms with van der Waals surface area (Å²) in [6.07, 6.45) is 3.67. The Kier molecular flexibility index (Phi) is 3.42. The quantitative estimate of drug-likeness (QED) is 0.557. The van der Waals surface area contributed by atoms with E-state index >= 15 is 0 Å². The van der Waals surface area contributed by atoms with Crippen LogP contribution in [0.4, 0.5) is 0 Å². The summed E-state index contributed by atoms with van der Waals surface area (Å²) in [5, 5.41) is 8.40. The maximum atomic E-state index is 4.60. The molecule has 0 fully saturated rings. The molecule has 1 aromatic carbocycles. The van der Waals surface area contributed by atoms with Crippen molar-refractivity contribution in [2.45, 2.75) is 6.92 Å². The third kappa shape index (κ3) is 2.53. The van der Waals surface area contributed by atoms with E-state index in [9.17, 15) is 0 Å². The fourth-order valence-corrected chi connectivity index (χ4v) is 3.07. The third-order valence-electron chi connectivity index (χ3n) is 3.78. The van der Waals surface area contributed by atoms with Gasteiger partial charge in [0.1, 0.15) is 0 Å². The summed E-state index contributed by atoms with van der Waals surface area (Å²) in [5.74, 6) is 0. The van der Waals surface area contributed by atoms with Crippen LogP contribution in [0.1, 0.15) is 5.69 Å². The number of aromatic nitrogens is 4. The summed E-state index contributed by atoms with van der Waals surface area (Å²) in [6, 6.07) is 14.1. The number of benzene rings is 1. The molecule has 0 unspecified atom stereocenters. The molecule has 0 spiro atoms. The molecular formula is C18H13BrN4. The lowest BCUT2D eigenvalue weighted by atomic mass is 10.0. The van der Waals surface area contributed by atoms with Crippen molar-refractivity contribution in [3.05, 3.63) is 65.0 Å². The van der Waals surface area contributed by atoms with E-state index in [-0.39, 0.29) is 0 Å². The van der Waals surface area contributed by atoms with Crippen LogP contribution in [0.15, 0.2) is 59.3 Å². The van der Waals surface area contributed by atoms with Crippen molar-refractivity contribution in [2.75, 3.05) is 0 Å². The van der Waals surface area contributed by atoms with Crippen LogP contribution >= 0.6 is 15.9 Å². The second kappa shape index (κ2) is 5.59. The topological polar surface area (TPSA) is 54.5 Å². The molecule has 0 saturated carbocycles. The van der Waals surface area contributed by atoms with Crippen LogP contribution in [0.2, 0.25) is 0 Å². The summed E-state index contributed by atoms with van der Waals surface area (Å²) in [5.41, 5.74) is 5.85. The molecule has 4 aromatic rings. The van der Waals surface area contributed by atoms with Gasteiger partial charge in [-0.2, -0.15) is 5.10 Å². The summed E-state index contributed by atoms with van der Waals surface area (Å²) < 4.78 is 1.02. The highest BCUT2D eigenvalue weighted by molar-refractivity contribution is 9.10. The van der Waals surface area contributed by atoms with E-state index in [1.807, 2.05) is 55.7 Å². The van der Waals surface area contributed by atoms with Crippen LogP contribution in [0, 0.1) is 6.92 Å². The Labute approximate surface area is 141 Å². The lowest BCUT2D eigenvalue weighted by Crippen LogP contribution is -1.90. The van der Waals surface area contributed by atoms with Gasteiger partial charge in [-0.3, -0.25) is 15.1 Å². The van der Waals surface area contributed by atoms with Crippen molar-refractivity contribution >= 4 is 26.8 Å². The predicted octanol–water partition coefficient (Wildman–Crippen LogP) is 4.76. The zero-order chi connectivity index (χ0) is 15.8. The summed E-state index contributed by atoms with van der Waals surface area (Å²) in [7, 11) is 0. The van der Waals surface area contributed by atoms with E-state index in [0.717, 1.165) is 43.6 Å². The Bertz CT molecular complexity index is 1010. The Morgan fingerprint density at radius 3 is 2.83 bits per heavy atom. The molecule has 3 aromatic heterocycles. The molecule has 23 heavy (non-hydrogen) atoms. The molecule has 4 nitrogen and oxygen atoms in total. The minimum Gasteiger partial charge on any atom is -0.276 e. The Morgan fingerprint density at radius 2 is 1.96 bits per heavy atom. The van der Waals surface area contributed by atoms with Gasteiger partial charge in [-0.15, -0.1) is 0 Å². The second-order valence-corrected chi connectivity index (χ2v) is 6.26. The van der Waals surface area contributed by atoms with E-state index in [2.05, 4.69) is 42.2 Å². The molecule has 3 heterocycles. The highest BCUT2D eigenvalue weighted by atomic mass is 79.9. The molecule has 0 bridgehead atoms. The van der Waals surface area contributed by atoms with Crippen LogP contribution in [-0.4, -0.2) is 20.2 Å². The lowest BCUT2D eigenvalue weighted by Gasteiger charge is -2.07. The van der Waals surface area contributed by atoms with Crippen LogP contribution in [0.3, 0.4) is 0 Å². The summed E-state index contributed by atoms with van der Waals surface area (Å²) in [6.45, 7) is 1.99. The number of rotatable bonds is 2. The van der Waals surface area contributed by atoms with Crippen molar-refractivity contribution < 1.29 is 0 Å². The van der Waals surface area contributed by atoms with Gasteiger partial charge < -0.3 is 0 Å². The van der Waals surface area contributed by atoms with Crippen LogP contribution < -0.4 is 0 Å². The average molecular weight is 365 g/mol. The van der Waals surface area contributed by atoms with Crippen LogP contribution in [-0.2, 0) is 0 Å². The summed E-state index contributed by atoms with van der Waals surface area (Å²) >= 11 is 3.50. The zero-order valence-electron chi connectivity index (χ0n) is 12.4. The molecule has 4 rings (SSSR count). The molecule has 0 aliphatic heterocycles. The van der Waals surface area contributed by atoms with Gasteiger partial charge in [-0.1, -0.05) is 28.1 Å². The number of aromatic amines is 1. The standard InChI is InChI=1S/C18H13BrN4/c1-11-3-2-4-16(22-11)18-15(10-21-23-18)13-7-8-20-17-9-12(19)5-6-14(13)17/h2-10H,1H3,(H,21,23). The lowest BCUT2D eigenvalue weighted by molar-refractivity contribution is 1.08. The number of hydrogen-bond acceptors (Lipinski definition) is 3. The van der Waals surface area contributed by atoms with E-state index in [0.29, 0.717) is 0 Å². The molecule has 0 amide bonds. The average Bonchev–Trinajstić information content (AvgIpc) is 3.03. The minimum atomic E-state index is 0.888. The van der Waals surface area contributed by atoms with Gasteiger partial charge in [0.05, 0.1) is 23.1 Å². The first-order chi connectivity index (χ1) is 11.2. The predicted molar refractivity (Wildman–Crippen MR) is 95.0 cm³/mol. The number of hydrogen-bond donors (Lipinski definition) is 1. The molecule has 5 heteroatoms. The first-order valence-corrected chi connectivity index (χ1v) is 8.04. The minimum absolute atomic E-state index is 0.888. The molecule has 0 aliphatic carbocycles. The Hall–Kier alpha value is -2.53. The first-order valence-electron chi connectivity index (χ1n) is 7.24. The fourth-order valence-electron chi connectivity index (χ4n) is 2.72. The largest absolute Gasteiger partial charge is 0.276 e. The van der Waals surface area contributed by atoms with E-state index < -0.39 is 0 Å². The van der Waals surface area contributed by atoms with Gasteiger partial charge in [0, 0.05) is 27.3 Å². The maximum absolute atomic E-state index is 4.60. The highest BCUT2D eigenvalue weighted by Gasteiger charge is 2.14. The summed E-state index contributed by atoms with van der Waals surface area (Å²) in [4.78, 5) is 9.05. The molecule has 112 valence electrons. The molecule has 1 N–H and O–H groups in total. The van der Waals surface area contributed by atoms with Gasteiger partial charge in [0.2, 0.25) is 0 Å². The van der Waals surface area contributed by atoms with Crippen molar-refractivity contribution in [1.82, 2.24) is 20.2 Å². The number of nitrogens with one attached hydrogen (secondary N) is 1. The monoisotopic (exact) mass is 364 g/mol. The Morgan fingerprint density at radius 1 is 1.04 bits per heavy atom. The van der Waals surface area contributed by atoms with Gasteiger partial charge in [0.15, 0.2) is 0 Å². The molecule has 0 atom stereocenters. The number of fused-ring (bicyclic) bond motifs is 1. The van der Waals surface area contributed by atoms with Crippen LogP contribution in [0.5, 0.6) is 0 Å². The van der Waals surface area contributed by atoms with Gasteiger partial charge in [-0.05, 0) is 42.8 Å². The van der Waals surface area contributed by atoms with Crippen molar-refractivity contribution in [2.24, 2.45) is 0 Å². The maximum Gasteiger partial charge on any atom is 0.0913 e. The molecule has 0 saturated heterocycles. The normalized spacial score (nSPS) is 11.0. The molecule has 0 aliphatic rings. The number of pyridine rings is 2. The number of halogens is 1. The Balaban J connectivity index is 1.95. The van der Waals surface area contributed by atoms with Gasteiger partial charge >= 0.3 is 0 Å². The molecular weight excluding hydrogens is 352 g/mol. The number of aryl methyl sites for hydroxylation is 1. The van der Waals surface area contributed by atoms with Crippen molar-refractivity contribution in [3.63, 3.8) is 0 Å². The number of nitrogens with zero attached hydrogens (tertiary/aromatic N) is 3. The zero-order valence-corrected chi connectivity index (χ0v) is 14.0. The van der Waals surface area contributed by atoms with E-state index in [4.69, 9.17) is 0 Å². The highest BCUT2D eigenvalue weighted by Crippen LogP contribution is 2.34. The van der Waals surface area contributed by atoms with Crippen molar-refractivity contribution in [3.8, 4) is 22.5 Å². The first kappa shape index (κ1) is 14.1.